The van der Waals surface area contributed by atoms with Crippen LogP contribution in [0.15, 0.2) is 44.4 Å². The zero-order chi connectivity index (χ0) is 23.8. The van der Waals surface area contributed by atoms with Crippen molar-refractivity contribution in [1.82, 2.24) is 14.9 Å². The number of aryl methyl sites for hydroxylation is 1. The molecular weight excluding hydrogens is 465 g/mol. The first kappa shape index (κ1) is 23.6. The molecule has 1 heterocycles. The number of H-pyrrole nitrogens is 1. The summed E-state index contributed by atoms with van der Waals surface area (Å²) in [4.78, 5) is 22.6. The Morgan fingerprint density at radius 3 is 2.56 bits per heavy atom. The number of aromatic amines is 1. The van der Waals surface area contributed by atoms with Gasteiger partial charge in [0, 0.05) is 10.9 Å². The molecule has 3 aromatic rings. The highest BCUT2D eigenvalue weighted by molar-refractivity contribution is 7.89. The van der Waals surface area contributed by atoms with E-state index in [9.17, 15) is 27.5 Å². The third-order valence-corrected chi connectivity index (χ3v) is 6.89. The lowest BCUT2D eigenvalue weighted by atomic mass is 9.88. The van der Waals surface area contributed by atoms with Crippen molar-refractivity contribution in [3.8, 4) is 0 Å². The molecule has 0 radical (unpaired) electrons. The number of halogens is 2. The summed E-state index contributed by atoms with van der Waals surface area (Å²) in [6.07, 6.45) is 0. The highest BCUT2D eigenvalue weighted by Crippen LogP contribution is 2.35. The van der Waals surface area contributed by atoms with Crippen LogP contribution in [0, 0.1) is 19.7 Å². The molecule has 0 aliphatic rings. The van der Waals surface area contributed by atoms with Gasteiger partial charge in [0.15, 0.2) is 0 Å². The van der Waals surface area contributed by atoms with Crippen LogP contribution in [0.4, 0.5) is 4.39 Å². The smallest absolute Gasteiger partial charge is 0.434 e. The van der Waals surface area contributed by atoms with Crippen molar-refractivity contribution in [2.45, 2.75) is 37.6 Å². The Bertz CT molecular complexity index is 1350. The van der Waals surface area contributed by atoms with E-state index in [0.29, 0.717) is 5.56 Å². The third-order valence-electron chi connectivity index (χ3n) is 5.15. The monoisotopic (exact) mass is 483 g/mol. The largest absolute Gasteiger partial charge is 0.478 e. The number of benzene rings is 2. The fraction of sp³-hybridized carbons (Fsp3) is 0.250. The molecule has 0 aliphatic heterocycles. The van der Waals surface area contributed by atoms with Crippen molar-refractivity contribution >= 4 is 27.6 Å². The average molecular weight is 484 g/mol. The van der Waals surface area contributed by atoms with Crippen LogP contribution in [0.3, 0.4) is 0 Å². The standard InChI is InChI=1S/C20H19ClFN3O6S/c1-9-4-6-14(22)16(10(9)2)11(3)17(18-23-24-20(28)31-18)25-32(29,30)15-7-5-12(21)8-13(15)19(26)27/h4-8,11,17,25H,1-3H3,(H,24,28)(H,26,27)/t11-,17+/m1/s1. The van der Waals surface area contributed by atoms with E-state index in [1.54, 1.807) is 19.9 Å². The lowest BCUT2D eigenvalue weighted by Crippen LogP contribution is -2.33. The predicted molar refractivity (Wildman–Crippen MR) is 113 cm³/mol. The predicted octanol–water partition coefficient (Wildman–Crippen LogP) is 3.29. The summed E-state index contributed by atoms with van der Waals surface area (Å²) in [5.41, 5.74) is 0.984. The van der Waals surface area contributed by atoms with Gasteiger partial charge >= 0.3 is 11.7 Å². The molecule has 0 bridgehead atoms. The van der Waals surface area contributed by atoms with E-state index in [1.807, 2.05) is 5.10 Å². The summed E-state index contributed by atoms with van der Waals surface area (Å²) in [6, 6.07) is 4.75. The van der Waals surface area contributed by atoms with Gasteiger partial charge in [-0.1, -0.05) is 24.6 Å². The molecule has 3 N–H and O–H groups in total. The number of carboxylic acid groups (broad SMARTS) is 1. The van der Waals surface area contributed by atoms with Crippen LogP contribution in [0.5, 0.6) is 0 Å². The molecule has 3 rings (SSSR count). The van der Waals surface area contributed by atoms with Crippen molar-refractivity contribution in [3.63, 3.8) is 0 Å². The highest BCUT2D eigenvalue weighted by atomic mass is 35.5. The first-order valence-corrected chi connectivity index (χ1v) is 11.1. The summed E-state index contributed by atoms with van der Waals surface area (Å²) < 4.78 is 48.3. The summed E-state index contributed by atoms with van der Waals surface area (Å²) in [6.45, 7) is 4.98. The molecule has 2 atom stereocenters. The van der Waals surface area contributed by atoms with Crippen molar-refractivity contribution < 1.29 is 27.1 Å². The number of nitrogens with one attached hydrogen (secondary N) is 2. The Morgan fingerprint density at radius 2 is 1.97 bits per heavy atom. The summed E-state index contributed by atoms with van der Waals surface area (Å²) in [5, 5.41) is 15.2. The average Bonchev–Trinajstić information content (AvgIpc) is 3.15. The Balaban J connectivity index is 2.14. The molecule has 0 saturated heterocycles. The second-order valence-electron chi connectivity index (χ2n) is 7.19. The maximum Gasteiger partial charge on any atom is 0.434 e. The van der Waals surface area contributed by atoms with E-state index in [1.165, 1.54) is 19.1 Å². The van der Waals surface area contributed by atoms with E-state index in [0.717, 1.165) is 17.7 Å². The maximum atomic E-state index is 14.7. The number of hydrogen-bond donors (Lipinski definition) is 3. The van der Waals surface area contributed by atoms with Crippen LogP contribution < -0.4 is 10.5 Å². The SMILES string of the molecule is Cc1ccc(F)c([C@@H](C)[C@H](NS(=O)(=O)c2ccc(Cl)cc2C(=O)O)c2n[nH]c(=O)o2)c1C. The summed E-state index contributed by atoms with van der Waals surface area (Å²) in [7, 11) is -4.51. The van der Waals surface area contributed by atoms with Crippen molar-refractivity contribution in [2.75, 3.05) is 0 Å². The molecule has 0 aliphatic carbocycles. The van der Waals surface area contributed by atoms with E-state index < -0.39 is 50.0 Å². The number of aromatic carboxylic acids is 1. The van der Waals surface area contributed by atoms with Crippen LogP contribution in [0.1, 0.15) is 51.8 Å². The molecule has 2 aromatic carbocycles. The fourth-order valence-corrected chi connectivity index (χ4v) is 5.03. The molecule has 0 fully saturated rings. The van der Waals surface area contributed by atoms with Crippen molar-refractivity contribution in [3.05, 3.63) is 79.9 Å². The van der Waals surface area contributed by atoms with Gasteiger partial charge in [-0.25, -0.2) is 27.5 Å². The lowest BCUT2D eigenvalue weighted by Gasteiger charge is -2.25. The van der Waals surface area contributed by atoms with Gasteiger partial charge in [0.25, 0.3) is 0 Å². The quantitative estimate of drug-likeness (QED) is 0.468. The zero-order valence-corrected chi connectivity index (χ0v) is 18.7. The van der Waals surface area contributed by atoms with Gasteiger partial charge in [-0.2, -0.15) is 4.72 Å². The molecule has 0 amide bonds. The molecule has 170 valence electrons. The van der Waals surface area contributed by atoms with Crippen molar-refractivity contribution in [2.24, 2.45) is 0 Å². The molecule has 9 nitrogen and oxygen atoms in total. The molecule has 0 saturated carbocycles. The zero-order valence-electron chi connectivity index (χ0n) is 17.1. The van der Waals surface area contributed by atoms with E-state index in [2.05, 4.69) is 9.82 Å². The highest BCUT2D eigenvalue weighted by Gasteiger charge is 2.34. The number of aromatic nitrogens is 2. The third kappa shape index (κ3) is 4.59. The van der Waals surface area contributed by atoms with Crippen LogP contribution in [-0.4, -0.2) is 29.7 Å². The lowest BCUT2D eigenvalue weighted by molar-refractivity contribution is 0.0692. The number of rotatable bonds is 7. The minimum absolute atomic E-state index is 0.0297. The molecule has 32 heavy (non-hydrogen) atoms. The summed E-state index contributed by atoms with van der Waals surface area (Å²) in [5.74, 6) is -4.26. The van der Waals surface area contributed by atoms with Gasteiger partial charge in [-0.05, 0) is 54.8 Å². The number of hydrogen-bond acceptors (Lipinski definition) is 6. The second kappa shape index (κ2) is 8.85. The van der Waals surface area contributed by atoms with Crippen LogP contribution in [0.25, 0.3) is 0 Å². The fourth-order valence-electron chi connectivity index (χ4n) is 3.41. The van der Waals surface area contributed by atoms with Crippen LogP contribution in [-0.2, 0) is 10.0 Å². The first-order chi connectivity index (χ1) is 14.9. The Kier molecular flexibility index (Phi) is 6.54. The minimum atomic E-state index is -4.51. The number of nitrogens with zero attached hydrogens (tertiary/aromatic N) is 1. The second-order valence-corrected chi connectivity index (χ2v) is 9.31. The molecular formula is C20H19ClFN3O6S. The molecule has 0 unspecified atom stereocenters. The maximum absolute atomic E-state index is 14.7. The number of carbonyl (C=O) groups is 1. The van der Waals surface area contributed by atoms with Crippen LogP contribution in [0.2, 0.25) is 5.02 Å². The molecule has 1 aromatic heterocycles. The summed E-state index contributed by atoms with van der Waals surface area (Å²) >= 11 is 5.81. The van der Waals surface area contributed by atoms with Gasteiger partial charge < -0.3 is 9.52 Å². The topological polar surface area (TPSA) is 142 Å². The van der Waals surface area contributed by atoms with Crippen molar-refractivity contribution in [1.29, 1.82) is 0 Å². The number of sulfonamides is 1. The van der Waals surface area contributed by atoms with Gasteiger partial charge in [0.1, 0.15) is 11.9 Å². The molecule has 12 heteroatoms. The Morgan fingerprint density at radius 1 is 1.28 bits per heavy atom. The van der Waals surface area contributed by atoms with Gasteiger partial charge in [-0.3, -0.25) is 0 Å². The van der Waals surface area contributed by atoms with E-state index in [-0.39, 0.29) is 16.5 Å². The number of carboxylic acids is 1. The van der Waals surface area contributed by atoms with E-state index in [4.69, 9.17) is 16.0 Å². The Labute approximate surface area is 187 Å². The minimum Gasteiger partial charge on any atom is -0.478 e. The van der Waals surface area contributed by atoms with Gasteiger partial charge in [0.05, 0.1) is 10.5 Å². The normalized spacial score (nSPS) is 13.7. The van der Waals surface area contributed by atoms with Gasteiger partial charge in [-0.15, -0.1) is 5.10 Å². The van der Waals surface area contributed by atoms with Crippen LogP contribution >= 0.6 is 11.6 Å². The Hall–Kier alpha value is -3.02. The van der Waals surface area contributed by atoms with Gasteiger partial charge in [0.2, 0.25) is 15.9 Å². The van der Waals surface area contributed by atoms with E-state index >= 15 is 0 Å². The first-order valence-electron chi connectivity index (χ1n) is 9.28. The molecule has 0 spiro atoms.